The molecule has 1 unspecified atom stereocenters. The quantitative estimate of drug-likeness (QED) is 0.659. The van der Waals surface area contributed by atoms with Crippen LogP contribution in [0.3, 0.4) is 0 Å². The van der Waals surface area contributed by atoms with E-state index in [0.29, 0.717) is 6.54 Å². The first-order valence-corrected chi connectivity index (χ1v) is 6.88. The molecule has 0 spiro atoms. The third-order valence-corrected chi connectivity index (χ3v) is 2.99. The molecule has 0 aliphatic rings. The third-order valence-electron chi connectivity index (χ3n) is 2.99. The first-order valence-electron chi connectivity index (χ1n) is 6.88. The monoisotopic (exact) mass is 251 g/mol. The van der Waals surface area contributed by atoms with Gasteiger partial charge in [-0.15, -0.1) is 0 Å². The predicted molar refractivity (Wildman–Crippen MR) is 74.2 cm³/mol. The minimum absolute atomic E-state index is 0.0563. The lowest BCUT2D eigenvalue weighted by atomic mass is 10.1. The van der Waals surface area contributed by atoms with Gasteiger partial charge in [0.25, 0.3) is 0 Å². The van der Waals surface area contributed by atoms with Crippen LogP contribution in [0.2, 0.25) is 0 Å². The molecule has 3 N–H and O–H groups in total. The Labute approximate surface area is 110 Å². The number of carbonyl (C=O) groups is 1. The maximum absolute atomic E-state index is 11.7. The number of aromatic nitrogens is 1. The summed E-state index contributed by atoms with van der Waals surface area (Å²) in [6.07, 6.45) is 9.83. The van der Waals surface area contributed by atoms with Crippen molar-refractivity contribution < 1.29 is 4.79 Å². The lowest BCUT2D eigenvalue weighted by Crippen LogP contribution is -2.43. The van der Waals surface area contributed by atoms with Gasteiger partial charge in [0.2, 0.25) is 5.91 Å². The first kappa shape index (κ1) is 14.8. The van der Waals surface area contributed by atoms with Crippen LogP contribution in [-0.4, -0.2) is 23.1 Å². The van der Waals surface area contributed by atoms with Gasteiger partial charge in [0.1, 0.15) is 6.04 Å². The number of hydrogen-bond donors (Lipinski definition) is 2. The van der Waals surface area contributed by atoms with E-state index in [1.54, 1.807) is 0 Å². The fourth-order valence-electron chi connectivity index (χ4n) is 1.87. The second-order valence-corrected chi connectivity index (χ2v) is 4.69. The lowest BCUT2D eigenvalue weighted by Gasteiger charge is -2.13. The molecule has 0 bridgehead atoms. The Morgan fingerprint density at radius 3 is 2.56 bits per heavy atom. The molecule has 0 fully saturated rings. The summed E-state index contributed by atoms with van der Waals surface area (Å²) >= 11 is 0. The van der Waals surface area contributed by atoms with Gasteiger partial charge in [-0.25, -0.2) is 0 Å². The molecule has 18 heavy (non-hydrogen) atoms. The highest BCUT2D eigenvalue weighted by atomic mass is 16.2. The summed E-state index contributed by atoms with van der Waals surface area (Å²) in [6, 6.07) is 3.39. The van der Waals surface area contributed by atoms with Crippen LogP contribution >= 0.6 is 0 Å². The molecule has 0 saturated heterocycles. The minimum Gasteiger partial charge on any atom is -0.355 e. The van der Waals surface area contributed by atoms with Gasteiger partial charge in [0, 0.05) is 25.5 Å². The Kier molecular flexibility index (Phi) is 7.18. The average Bonchev–Trinajstić information content (AvgIpc) is 2.86. The minimum atomic E-state index is -0.465. The molecule has 102 valence electrons. The number of amides is 1. The van der Waals surface area contributed by atoms with Crippen LogP contribution in [-0.2, 0) is 11.3 Å². The smallest absolute Gasteiger partial charge is 0.238 e. The molecule has 0 aliphatic carbocycles. The predicted octanol–water partition coefficient (Wildman–Crippen LogP) is 1.90. The van der Waals surface area contributed by atoms with E-state index in [-0.39, 0.29) is 5.91 Å². The van der Waals surface area contributed by atoms with Gasteiger partial charge in [0.05, 0.1) is 0 Å². The molecule has 4 nitrogen and oxygen atoms in total. The summed E-state index contributed by atoms with van der Waals surface area (Å²) in [4.78, 5) is 11.7. The summed E-state index contributed by atoms with van der Waals surface area (Å²) in [6.45, 7) is 3.47. The second kappa shape index (κ2) is 8.75. The van der Waals surface area contributed by atoms with Crippen molar-refractivity contribution in [3.05, 3.63) is 24.5 Å². The fourth-order valence-corrected chi connectivity index (χ4v) is 1.87. The van der Waals surface area contributed by atoms with Crippen molar-refractivity contribution in [1.29, 1.82) is 0 Å². The van der Waals surface area contributed by atoms with E-state index in [9.17, 15) is 4.79 Å². The average molecular weight is 251 g/mol. The van der Waals surface area contributed by atoms with Crippen LogP contribution < -0.4 is 11.1 Å². The molecule has 0 radical (unpaired) electrons. The normalized spacial score (nSPS) is 12.3. The van der Waals surface area contributed by atoms with Gasteiger partial charge >= 0.3 is 0 Å². The molecule has 1 aromatic rings. The van der Waals surface area contributed by atoms with Crippen molar-refractivity contribution in [2.24, 2.45) is 5.73 Å². The van der Waals surface area contributed by atoms with Crippen molar-refractivity contribution in [2.45, 2.75) is 51.6 Å². The highest BCUT2D eigenvalue weighted by Crippen LogP contribution is 2.01. The summed E-state index contributed by atoms with van der Waals surface area (Å²) < 4.78 is 1.92. The van der Waals surface area contributed by atoms with E-state index < -0.39 is 6.04 Å². The van der Waals surface area contributed by atoms with Crippen molar-refractivity contribution in [2.75, 3.05) is 6.54 Å². The van der Waals surface area contributed by atoms with Gasteiger partial charge in [0.15, 0.2) is 0 Å². The van der Waals surface area contributed by atoms with Crippen molar-refractivity contribution in [1.82, 2.24) is 9.88 Å². The van der Waals surface area contributed by atoms with Crippen LogP contribution in [0.25, 0.3) is 0 Å². The Bertz CT molecular complexity index is 322. The van der Waals surface area contributed by atoms with Gasteiger partial charge in [-0.3, -0.25) is 4.79 Å². The number of rotatable bonds is 9. The number of nitrogens with one attached hydrogen (secondary N) is 1. The van der Waals surface area contributed by atoms with Crippen molar-refractivity contribution in [3.8, 4) is 0 Å². The standard InChI is InChI=1S/C14H25N3O/c1-2-3-4-5-6-9-16-14(18)13(15)12-17-10-7-8-11-17/h7-8,10-11,13H,2-6,9,12,15H2,1H3,(H,16,18). The third kappa shape index (κ3) is 5.87. The SMILES string of the molecule is CCCCCCCNC(=O)C(N)Cn1cccc1. The number of unbranched alkanes of at least 4 members (excludes halogenated alkanes) is 4. The number of nitrogens with two attached hydrogens (primary N) is 1. The Balaban J connectivity index is 2.08. The summed E-state index contributed by atoms with van der Waals surface area (Å²) in [5, 5.41) is 2.89. The van der Waals surface area contributed by atoms with Gasteiger partial charge in [-0.1, -0.05) is 32.6 Å². The maximum Gasteiger partial charge on any atom is 0.238 e. The van der Waals surface area contributed by atoms with Gasteiger partial charge < -0.3 is 15.6 Å². The zero-order valence-electron chi connectivity index (χ0n) is 11.3. The lowest BCUT2D eigenvalue weighted by molar-refractivity contribution is -0.122. The van der Waals surface area contributed by atoms with Crippen LogP contribution in [0.1, 0.15) is 39.0 Å². The zero-order valence-corrected chi connectivity index (χ0v) is 11.3. The zero-order chi connectivity index (χ0) is 13.2. The molecular formula is C14H25N3O. The highest BCUT2D eigenvalue weighted by molar-refractivity contribution is 5.81. The Morgan fingerprint density at radius 2 is 1.89 bits per heavy atom. The summed E-state index contributed by atoms with van der Waals surface area (Å²) in [5.41, 5.74) is 5.84. The fraction of sp³-hybridized carbons (Fsp3) is 0.643. The number of hydrogen-bond acceptors (Lipinski definition) is 2. The van der Waals surface area contributed by atoms with E-state index >= 15 is 0 Å². The molecule has 1 aromatic heterocycles. The Morgan fingerprint density at radius 1 is 1.22 bits per heavy atom. The molecule has 0 aliphatic heterocycles. The molecule has 1 atom stereocenters. The van der Waals surface area contributed by atoms with Crippen LogP contribution in [0.4, 0.5) is 0 Å². The molecule has 4 heteroatoms. The van der Waals surface area contributed by atoms with E-state index in [1.807, 2.05) is 29.1 Å². The maximum atomic E-state index is 11.7. The largest absolute Gasteiger partial charge is 0.355 e. The second-order valence-electron chi connectivity index (χ2n) is 4.69. The summed E-state index contributed by atoms with van der Waals surface area (Å²) in [5.74, 6) is -0.0563. The van der Waals surface area contributed by atoms with E-state index in [0.717, 1.165) is 13.0 Å². The van der Waals surface area contributed by atoms with Crippen LogP contribution in [0.5, 0.6) is 0 Å². The van der Waals surface area contributed by atoms with Crippen molar-refractivity contribution >= 4 is 5.91 Å². The number of nitrogens with zero attached hydrogens (tertiary/aromatic N) is 1. The molecule has 1 rings (SSSR count). The molecule has 1 amide bonds. The molecule has 1 heterocycles. The molecular weight excluding hydrogens is 226 g/mol. The molecule has 0 saturated carbocycles. The van der Waals surface area contributed by atoms with E-state index in [1.165, 1.54) is 25.7 Å². The van der Waals surface area contributed by atoms with Crippen molar-refractivity contribution in [3.63, 3.8) is 0 Å². The van der Waals surface area contributed by atoms with E-state index in [4.69, 9.17) is 5.73 Å². The van der Waals surface area contributed by atoms with Crippen LogP contribution in [0, 0.1) is 0 Å². The highest BCUT2D eigenvalue weighted by Gasteiger charge is 2.12. The van der Waals surface area contributed by atoms with Crippen LogP contribution in [0.15, 0.2) is 24.5 Å². The molecule has 0 aromatic carbocycles. The summed E-state index contributed by atoms with van der Waals surface area (Å²) in [7, 11) is 0. The first-order chi connectivity index (χ1) is 8.74. The van der Waals surface area contributed by atoms with Gasteiger partial charge in [-0.05, 0) is 18.6 Å². The number of carbonyl (C=O) groups excluding carboxylic acids is 1. The van der Waals surface area contributed by atoms with Gasteiger partial charge in [-0.2, -0.15) is 0 Å². The Hall–Kier alpha value is -1.29. The topological polar surface area (TPSA) is 60.1 Å². The van der Waals surface area contributed by atoms with E-state index in [2.05, 4.69) is 12.2 Å².